The van der Waals surface area contributed by atoms with Crippen LogP contribution in [0.2, 0.25) is 0 Å². The lowest BCUT2D eigenvalue weighted by atomic mass is 10.3. The summed E-state index contributed by atoms with van der Waals surface area (Å²) in [5.41, 5.74) is 0. The van der Waals surface area contributed by atoms with Crippen LogP contribution in [-0.2, 0) is 4.79 Å². The molecule has 0 aliphatic carbocycles. The second-order valence-corrected chi connectivity index (χ2v) is 7.55. The van der Waals surface area contributed by atoms with Gasteiger partial charge in [-0.15, -0.1) is 11.8 Å². The molecule has 0 atom stereocenters. The van der Waals surface area contributed by atoms with Gasteiger partial charge in [0.1, 0.15) is 5.82 Å². The quantitative estimate of drug-likeness (QED) is 0.755. The van der Waals surface area contributed by atoms with Crippen LogP contribution in [0.5, 0.6) is 11.5 Å². The number of fused-ring (bicyclic) bond motifs is 1. The first kappa shape index (κ1) is 18.0. The third-order valence-corrected chi connectivity index (χ3v) is 5.67. The molecule has 1 aromatic carbocycles. The maximum atomic E-state index is 12.6. The number of hydrogen-bond donors (Lipinski definition) is 0. The van der Waals surface area contributed by atoms with E-state index >= 15 is 0 Å². The molecule has 0 unspecified atom stereocenters. The van der Waals surface area contributed by atoms with E-state index in [9.17, 15) is 4.79 Å². The number of piperazine rings is 1. The molecule has 0 radical (unpaired) electrons. The smallest absolute Gasteiger partial charge is 0.233 e. The third kappa shape index (κ3) is 4.47. The molecule has 1 aromatic heterocycles. The molecule has 1 amide bonds. The van der Waals surface area contributed by atoms with Gasteiger partial charge in [0.05, 0.1) is 19.0 Å². The van der Waals surface area contributed by atoms with E-state index in [1.165, 1.54) is 0 Å². The first-order valence-corrected chi connectivity index (χ1v) is 10.2. The number of thioether (sulfide) groups is 1. The van der Waals surface area contributed by atoms with Crippen molar-refractivity contribution in [2.75, 3.05) is 50.0 Å². The maximum absolute atomic E-state index is 12.6. The van der Waals surface area contributed by atoms with Gasteiger partial charge in [-0.1, -0.05) is 6.07 Å². The summed E-state index contributed by atoms with van der Waals surface area (Å²) in [7, 11) is 0. The van der Waals surface area contributed by atoms with E-state index in [0.29, 0.717) is 19.0 Å². The lowest BCUT2D eigenvalue weighted by molar-refractivity contribution is -0.128. The van der Waals surface area contributed by atoms with Crippen LogP contribution in [0.1, 0.15) is 6.42 Å². The number of nitrogens with zero attached hydrogens (tertiary/aromatic N) is 3. The Morgan fingerprint density at radius 1 is 1.04 bits per heavy atom. The molecule has 2 aliphatic rings. The van der Waals surface area contributed by atoms with Crippen LogP contribution in [0.3, 0.4) is 0 Å². The average Bonchev–Trinajstić information content (AvgIpc) is 2.98. The predicted octanol–water partition coefficient (Wildman–Crippen LogP) is 2.68. The van der Waals surface area contributed by atoms with Crippen LogP contribution in [0.15, 0.2) is 47.5 Å². The molecule has 2 aromatic rings. The van der Waals surface area contributed by atoms with Crippen LogP contribution in [-0.4, -0.2) is 60.9 Å². The minimum atomic E-state index is 0.174. The second-order valence-electron chi connectivity index (χ2n) is 6.50. The summed E-state index contributed by atoms with van der Waals surface area (Å²) in [6.07, 6.45) is 2.69. The number of anilines is 1. The van der Waals surface area contributed by atoms with Gasteiger partial charge in [-0.25, -0.2) is 4.98 Å². The number of aromatic nitrogens is 1. The Hall–Kier alpha value is -2.41. The highest BCUT2D eigenvalue weighted by Crippen LogP contribution is 2.34. The van der Waals surface area contributed by atoms with Crippen molar-refractivity contribution >= 4 is 23.5 Å². The Kier molecular flexibility index (Phi) is 5.67. The lowest BCUT2D eigenvalue weighted by Crippen LogP contribution is -2.49. The molecule has 4 rings (SSSR count). The molecular formula is C20H23N3O3S. The van der Waals surface area contributed by atoms with Gasteiger partial charge >= 0.3 is 0 Å². The summed E-state index contributed by atoms with van der Waals surface area (Å²) in [6, 6.07) is 11.8. The minimum absolute atomic E-state index is 0.174. The zero-order valence-electron chi connectivity index (χ0n) is 15.2. The van der Waals surface area contributed by atoms with E-state index in [-0.39, 0.29) is 5.91 Å². The van der Waals surface area contributed by atoms with E-state index in [1.54, 1.807) is 18.0 Å². The van der Waals surface area contributed by atoms with Crippen LogP contribution in [0, 0.1) is 0 Å². The molecule has 1 saturated heterocycles. The lowest BCUT2D eigenvalue weighted by Gasteiger charge is -2.35. The predicted molar refractivity (Wildman–Crippen MR) is 106 cm³/mol. The van der Waals surface area contributed by atoms with Gasteiger partial charge in [0.2, 0.25) is 5.91 Å². The topological polar surface area (TPSA) is 54.9 Å². The molecule has 0 bridgehead atoms. The van der Waals surface area contributed by atoms with Crippen molar-refractivity contribution < 1.29 is 14.3 Å². The maximum Gasteiger partial charge on any atom is 0.233 e. The summed E-state index contributed by atoms with van der Waals surface area (Å²) in [5.74, 6) is 3.14. The Morgan fingerprint density at radius 2 is 1.85 bits per heavy atom. The zero-order valence-corrected chi connectivity index (χ0v) is 16.0. The van der Waals surface area contributed by atoms with Gasteiger partial charge in [0.15, 0.2) is 11.5 Å². The van der Waals surface area contributed by atoms with Crippen molar-refractivity contribution in [2.45, 2.75) is 11.3 Å². The van der Waals surface area contributed by atoms with Gasteiger partial charge in [-0.2, -0.15) is 0 Å². The highest BCUT2D eigenvalue weighted by molar-refractivity contribution is 8.00. The first-order valence-electron chi connectivity index (χ1n) is 9.26. The molecule has 27 heavy (non-hydrogen) atoms. The second kappa shape index (κ2) is 8.52. The fraction of sp³-hybridized carbons (Fsp3) is 0.400. The molecule has 142 valence electrons. The number of ether oxygens (including phenoxy) is 2. The molecule has 6 nitrogen and oxygen atoms in total. The van der Waals surface area contributed by atoms with Crippen LogP contribution >= 0.6 is 11.8 Å². The number of pyridine rings is 1. The average molecular weight is 385 g/mol. The number of carbonyl (C=O) groups is 1. The summed E-state index contributed by atoms with van der Waals surface area (Å²) < 4.78 is 11.4. The van der Waals surface area contributed by atoms with E-state index in [1.807, 2.05) is 41.3 Å². The number of amides is 1. The summed E-state index contributed by atoms with van der Waals surface area (Å²) >= 11 is 1.55. The molecule has 2 aliphatic heterocycles. The van der Waals surface area contributed by atoms with Gasteiger partial charge in [0, 0.05) is 43.7 Å². The van der Waals surface area contributed by atoms with Crippen molar-refractivity contribution in [1.29, 1.82) is 0 Å². The Labute approximate surface area is 163 Å². The number of rotatable bonds is 4. The van der Waals surface area contributed by atoms with Crippen LogP contribution in [0.25, 0.3) is 0 Å². The Morgan fingerprint density at radius 3 is 2.63 bits per heavy atom. The van der Waals surface area contributed by atoms with E-state index in [4.69, 9.17) is 9.47 Å². The molecular weight excluding hydrogens is 362 g/mol. The number of hydrogen-bond acceptors (Lipinski definition) is 6. The number of carbonyl (C=O) groups excluding carboxylic acids is 1. The Balaban J connectivity index is 1.28. The zero-order chi connectivity index (χ0) is 18.5. The van der Waals surface area contributed by atoms with Gasteiger partial charge in [-0.05, 0) is 30.3 Å². The van der Waals surface area contributed by atoms with E-state index in [0.717, 1.165) is 54.8 Å². The third-order valence-electron chi connectivity index (χ3n) is 4.69. The van der Waals surface area contributed by atoms with Crippen molar-refractivity contribution in [2.24, 2.45) is 0 Å². The van der Waals surface area contributed by atoms with Crippen LogP contribution in [0.4, 0.5) is 5.82 Å². The highest BCUT2D eigenvalue weighted by Gasteiger charge is 2.22. The minimum Gasteiger partial charge on any atom is -0.490 e. The van der Waals surface area contributed by atoms with E-state index < -0.39 is 0 Å². The molecule has 0 spiro atoms. The molecule has 1 fully saturated rings. The summed E-state index contributed by atoms with van der Waals surface area (Å²) in [6.45, 7) is 4.45. The largest absolute Gasteiger partial charge is 0.490 e. The Bertz CT molecular complexity index is 779. The van der Waals surface area contributed by atoms with Crippen molar-refractivity contribution in [3.8, 4) is 11.5 Å². The van der Waals surface area contributed by atoms with Gasteiger partial charge in [0.25, 0.3) is 0 Å². The monoisotopic (exact) mass is 385 g/mol. The molecule has 7 heteroatoms. The summed E-state index contributed by atoms with van der Waals surface area (Å²) in [5, 5.41) is 0. The highest BCUT2D eigenvalue weighted by atomic mass is 32.2. The summed E-state index contributed by atoms with van der Waals surface area (Å²) in [4.78, 5) is 22.2. The fourth-order valence-electron chi connectivity index (χ4n) is 3.20. The van der Waals surface area contributed by atoms with Gasteiger partial charge in [-0.3, -0.25) is 4.79 Å². The van der Waals surface area contributed by atoms with Gasteiger partial charge < -0.3 is 19.3 Å². The number of benzene rings is 1. The molecule has 0 saturated carbocycles. The van der Waals surface area contributed by atoms with E-state index in [2.05, 4.69) is 9.88 Å². The van der Waals surface area contributed by atoms with Crippen molar-refractivity contribution in [1.82, 2.24) is 9.88 Å². The fourth-order valence-corrected chi connectivity index (χ4v) is 4.02. The standard InChI is InChI=1S/C20H23N3O3S/c24-20(23-10-8-22(9-11-23)19-4-1-2-7-21-19)15-27-16-5-6-17-18(14-16)26-13-3-12-25-17/h1-2,4-7,14H,3,8-13,15H2. The first-order chi connectivity index (χ1) is 13.3. The molecule has 0 N–H and O–H groups in total. The SMILES string of the molecule is O=C(CSc1ccc2c(c1)OCCCO2)N1CCN(c2ccccn2)CC1. The van der Waals surface area contributed by atoms with Crippen LogP contribution < -0.4 is 14.4 Å². The molecule has 3 heterocycles. The van der Waals surface area contributed by atoms with Crippen molar-refractivity contribution in [3.63, 3.8) is 0 Å². The van der Waals surface area contributed by atoms with Crippen molar-refractivity contribution in [3.05, 3.63) is 42.6 Å². The normalized spacial score (nSPS) is 16.7.